The van der Waals surface area contributed by atoms with E-state index in [9.17, 15) is 9.59 Å². The molecule has 0 aliphatic rings. The van der Waals surface area contributed by atoms with Crippen molar-refractivity contribution in [1.29, 1.82) is 0 Å². The molecule has 1 aromatic carbocycles. The minimum Gasteiger partial charge on any atom is -0.497 e. The quantitative estimate of drug-likeness (QED) is 0.473. The number of rotatable bonds is 7. The molecule has 29 heavy (non-hydrogen) atoms. The lowest BCUT2D eigenvalue weighted by Crippen LogP contribution is -2.20. The van der Waals surface area contributed by atoms with E-state index in [1.165, 1.54) is 6.08 Å². The lowest BCUT2D eigenvalue weighted by atomic mass is 10.2. The summed E-state index contributed by atoms with van der Waals surface area (Å²) in [5.41, 5.74) is 3.44. The molecule has 0 atom stereocenters. The Kier molecular flexibility index (Phi) is 6.46. The molecule has 0 saturated carbocycles. The fourth-order valence-corrected chi connectivity index (χ4v) is 3.57. The van der Waals surface area contributed by atoms with Gasteiger partial charge in [-0.15, -0.1) is 11.3 Å². The highest BCUT2D eigenvalue weighted by molar-refractivity contribution is 7.12. The second-order valence-electron chi connectivity index (χ2n) is 6.20. The Morgan fingerprint density at radius 3 is 2.83 bits per heavy atom. The zero-order chi connectivity index (χ0) is 20.8. The van der Waals surface area contributed by atoms with Crippen LogP contribution in [-0.4, -0.2) is 35.1 Å². The molecule has 7 nitrogen and oxygen atoms in total. The van der Waals surface area contributed by atoms with Crippen LogP contribution in [0.4, 0.5) is 5.69 Å². The Balaban J connectivity index is 1.56. The van der Waals surface area contributed by atoms with E-state index in [1.807, 2.05) is 29.9 Å². The molecule has 2 heterocycles. The number of hydrogen-bond acceptors (Lipinski definition) is 6. The maximum absolute atomic E-state index is 12.0. The van der Waals surface area contributed by atoms with Gasteiger partial charge in [0.05, 0.1) is 7.11 Å². The number of methoxy groups -OCH3 is 1. The number of aryl methyl sites for hydroxylation is 1. The molecule has 0 radical (unpaired) electrons. The Hall–Kier alpha value is -3.39. The maximum atomic E-state index is 12.0. The van der Waals surface area contributed by atoms with E-state index >= 15 is 0 Å². The summed E-state index contributed by atoms with van der Waals surface area (Å²) in [7, 11) is 1.55. The van der Waals surface area contributed by atoms with Crippen LogP contribution in [0.15, 0.2) is 48.0 Å². The molecule has 3 rings (SSSR count). The van der Waals surface area contributed by atoms with Gasteiger partial charge in [-0.2, -0.15) is 0 Å². The standard InChI is InChI=1S/C21H21N3O4S/c1-14-11-16(15(2)24(14)21-22-9-10-29-21)7-8-20(26)28-13-19(25)23-17-5-4-6-18(12-17)27-3/h4-12H,13H2,1-3H3,(H,23,25)/b8-7+. The number of thiazole rings is 1. The fourth-order valence-electron chi connectivity index (χ4n) is 2.82. The predicted octanol–water partition coefficient (Wildman–Crippen LogP) is 3.75. The third-order valence-corrected chi connectivity index (χ3v) is 4.94. The average molecular weight is 411 g/mol. The lowest BCUT2D eigenvalue weighted by Gasteiger charge is -2.07. The van der Waals surface area contributed by atoms with Crippen LogP contribution >= 0.6 is 11.3 Å². The average Bonchev–Trinajstić information content (AvgIpc) is 3.32. The SMILES string of the molecule is COc1cccc(NC(=O)COC(=O)/C=C/c2cc(C)n(-c3nccs3)c2C)c1. The number of nitrogens with one attached hydrogen (secondary N) is 1. The number of benzene rings is 1. The van der Waals surface area contributed by atoms with Gasteiger partial charge in [0.25, 0.3) is 5.91 Å². The molecule has 0 unspecified atom stereocenters. The van der Waals surface area contributed by atoms with Crippen LogP contribution in [0.25, 0.3) is 11.2 Å². The summed E-state index contributed by atoms with van der Waals surface area (Å²) in [6.45, 7) is 3.56. The molecule has 0 aliphatic carbocycles. The second kappa shape index (κ2) is 9.20. The largest absolute Gasteiger partial charge is 0.497 e. The number of amides is 1. The monoisotopic (exact) mass is 411 g/mol. The molecule has 2 aromatic heterocycles. The first kappa shape index (κ1) is 20.3. The highest BCUT2D eigenvalue weighted by Gasteiger charge is 2.11. The molecule has 0 saturated heterocycles. The van der Waals surface area contributed by atoms with Gasteiger partial charge >= 0.3 is 5.97 Å². The van der Waals surface area contributed by atoms with Crippen LogP contribution in [0.2, 0.25) is 0 Å². The van der Waals surface area contributed by atoms with Crippen LogP contribution in [0.1, 0.15) is 17.0 Å². The van der Waals surface area contributed by atoms with Gasteiger partial charge in [-0.1, -0.05) is 6.07 Å². The van der Waals surface area contributed by atoms with E-state index in [0.29, 0.717) is 11.4 Å². The van der Waals surface area contributed by atoms with Gasteiger partial charge in [0.2, 0.25) is 0 Å². The maximum Gasteiger partial charge on any atom is 0.331 e. The highest BCUT2D eigenvalue weighted by atomic mass is 32.1. The van der Waals surface area contributed by atoms with Gasteiger partial charge in [0.1, 0.15) is 5.75 Å². The van der Waals surface area contributed by atoms with Crippen molar-refractivity contribution in [2.75, 3.05) is 19.0 Å². The van der Waals surface area contributed by atoms with Crippen molar-refractivity contribution in [2.24, 2.45) is 0 Å². The Labute approximate surface area is 172 Å². The minimum absolute atomic E-state index is 0.376. The van der Waals surface area contributed by atoms with Gasteiger partial charge in [0.15, 0.2) is 11.7 Å². The minimum atomic E-state index is -0.593. The molecule has 1 amide bonds. The molecule has 0 bridgehead atoms. The summed E-state index contributed by atoms with van der Waals surface area (Å²) in [6, 6.07) is 8.89. The number of carbonyl (C=O) groups is 2. The number of anilines is 1. The normalized spacial score (nSPS) is 10.9. The molecule has 3 aromatic rings. The zero-order valence-electron chi connectivity index (χ0n) is 16.3. The summed E-state index contributed by atoms with van der Waals surface area (Å²) in [5.74, 6) is -0.398. The number of hydrogen-bond donors (Lipinski definition) is 1. The van der Waals surface area contributed by atoms with Crippen molar-refractivity contribution in [3.05, 3.63) is 64.9 Å². The zero-order valence-corrected chi connectivity index (χ0v) is 17.2. The van der Waals surface area contributed by atoms with Crippen molar-refractivity contribution in [2.45, 2.75) is 13.8 Å². The third kappa shape index (κ3) is 5.11. The topological polar surface area (TPSA) is 82.5 Å². The molecule has 0 aliphatic heterocycles. The van der Waals surface area contributed by atoms with E-state index in [4.69, 9.17) is 9.47 Å². The summed E-state index contributed by atoms with van der Waals surface area (Å²) >= 11 is 1.54. The van der Waals surface area contributed by atoms with Crippen molar-refractivity contribution in [1.82, 2.24) is 9.55 Å². The van der Waals surface area contributed by atoms with Gasteiger partial charge < -0.3 is 14.8 Å². The van der Waals surface area contributed by atoms with Crippen molar-refractivity contribution >= 4 is 35.0 Å². The number of ether oxygens (including phenoxy) is 2. The first-order valence-corrected chi connectivity index (χ1v) is 9.73. The summed E-state index contributed by atoms with van der Waals surface area (Å²) < 4.78 is 12.1. The van der Waals surface area contributed by atoms with E-state index < -0.39 is 11.9 Å². The Morgan fingerprint density at radius 2 is 2.10 bits per heavy atom. The number of esters is 1. The van der Waals surface area contributed by atoms with Crippen molar-refractivity contribution in [3.63, 3.8) is 0 Å². The van der Waals surface area contributed by atoms with E-state index in [0.717, 1.165) is 22.1 Å². The molecular formula is C21H21N3O4S. The van der Waals surface area contributed by atoms with Crippen LogP contribution in [0.5, 0.6) is 5.75 Å². The molecule has 0 spiro atoms. The number of carbonyl (C=O) groups excluding carboxylic acids is 2. The van der Waals surface area contributed by atoms with E-state index in [1.54, 1.807) is 55.0 Å². The van der Waals surface area contributed by atoms with Crippen molar-refractivity contribution < 1.29 is 19.1 Å². The second-order valence-corrected chi connectivity index (χ2v) is 7.07. The molecule has 0 fully saturated rings. The lowest BCUT2D eigenvalue weighted by molar-refractivity contribution is -0.142. The van der Waals surface area contributed by atoms with Crippen LogP contribution in [-0.2, 0) is 14.3 Å². The van der Waals surface area contributed by atoms with Gasteiger partial charge in [-0.3, -0.25) is 9.36 Å². The van der Waals surface area contributed by atoms with E-state index in [2.05, 4.69) is 10.3 Å². The van der Waals surface area contributed by atoms with Gasteiger partial charge in [0, 0.05) is 40.8 Å². The number of nitrogens with zero attached hydrogens (tertiary/aromatic N) is 2. The smallest absolute Gasteiger partial charge is 0.331 e. The Bertz CT molecular complexity index is 1040. The summed E-state index contributed by atoms with van der Waals surface area (Å²) in [5, 5.41) is 5.44. The fraction of sp³-hybridized carbons (Fsp3) is 0.190. The van der Waals surface area contributed by atoms with Crippen LogP contribution in [0.3, 0.4) is 0 Å². The molecular weight excluding hydrogens is 390 g/mol. The van der Waals surface area contributed by atoms with E-state index in [-0.39, 0.29) is 6.61 Å². The molecule has 150 valence electrons. The van der Waals surface area contributed by atoms with Crippen LogP contribution in [0, 0.1) is 13.8 Å². The predicted molar refractivity (Wildman–Crippen MR) is 113 cm³/mol. The van der Waals surface area contributed by atoms with Crippen LogP contribution < -0.4 is 10.1 Å². The summed E-state index contributed by atoms with van der Waals surface area (Å²) in [4.78, 5) is 28.3. The first-order chi connectivity index (χ1) is 14.0. The highest BCUT2D eigenvalue weighted by Crippen LogP contribution is 2.23. The molecule has 8 heteroatoms. The van der Waals surface area contributed by atoms with Crippen molar-refractivity contribution in [3.8, 4) is 10.9 Å². The first-order valence-electron chi connectivity index (χ1n) is 8.85. The number of aromatic nitrogens is 2. The van der Waals surface area contributed by atoms with Gasteiger partial charge in [-0.05, 0) is 43.7 Å². The Morgan fingerprint density at radius 1 is 1.28 bits per heavy atom. The molecule has 1 N–H and O–H groups in total. The third-order valence-electron chi connectivity index (χ3n) is 4.18. The summed E-state index contributed by atoms with van der Waals surface area (Å²) in [6.07, 6.45) is 4.74. The van der Waals surface area contributed by atoms with Gasteiger partial charge in [-0.25, -0.2) is 9.78 Å².